The molecule has 6 nitrogen and oxygen atoms in total. The summed E-state index contributed by atoms with van der Waals surface area (Å²) in [6.45, 7) is -2.96. The highest BCUT2D eigenvalue weighted by Gasteiger charge is 2.38. The van der Waals surface area contributed by atoms with Crippen LogP contribution in [-0.2, 0) is 17.8 Å². The van der Waals surface area contributed by atoms with Crippen LogP contribution in [0.5, 0.6) is 5.75 Å². The van der Waals surface area contributed by atoms with Gasteiger partial charge in [0, 0.05) is 23.5 Å². The van der Waals surface area contributed by atoms with Crippen LogP contribution in [0.3, 0.4) is 0 Å². The van der Waals surface area contributed by atoms with Gasteiger partial charge >= 0.3 is 12.6 Å². The largest absolute Gasteiger partial charge is 0.435 e. The van der Waals surface area contributed by atoms with Crippen LogP contribution in [0.25, 0.3) is 10.9 Å². The molecule has 0 saturated carbocycles. The molecule has 1 aliphatic heterocycles. The summed E-state index contributed by atoms with van der Waals surface area (Å²) in [7, 11) is 0. The maximum Gasteiger partial charge on any atom is 0.387 e. The highest BCUT2D eigenvalue weighted by Crippen LogP contribution is 2.23. The van der Waals surface area contributed by atoms with Crippen LogP contribution in [0.1, 0.15) is 11.1 Å². The number of ether oxygens (including phenoxy) is 1. The van der Waals surface area contributed by atoms with Gasteiger partial charge in [0.2, 0.25) is 0 Å². The average Bonchev–Trinajstić information content (AvgIpc) is 3.18. The Morgan fingerprint density at radius 1 is 1.11 bits per heavy atom. The van der Waals surface area contributed by atoms with E-state index in [1.165, 1.54) is 18.2 Å². The number of urea groups is 1. The summed E-state index contributed by atoms with van der Waals surface area (Å²) in [6, 6.07) is 12.5. The van der Waals surface area contributed by atoms with Crippen molar-refractivity contribution in [3.63, 3.8) is 0 Å². The molecule has 3 amide bonds. The Morgan fingerprint density at radius 2 is 1.93 bits per heavy atom. The number of nitrogens with zero attached hydrogens (tertiary/aromatic N) is 1. The van der Waals surface area contributed by atoms with Gasteiger partial charge in [0.05, 0.1) is 6.54 Å². The number of aromatic amines is 1. The summed E-state index contributed by atoms with van der Waals surface area (Å²) < 4.78 is 29.1. The van der Waals surface area contributed by atoms with Gasteiger partial charge in [0.1, 0.15) is 11.8 Å². The number of fused-ring (bicyclic) bond motifs is 1. The molecule has 2 aromatic carbocycles. The highest BCUT2D eigenvalue weighted by molar-refractivity contribution is 6.04. The second kappa shape index (κ2) is 7.30. The lowest BCUT2D eigenvalue weighted by Crippen LogP contribution is -2.32. The minimum atomic E-state index is -2.94. The third kappa shape index (κ3) is 3.53. The number of benzene rings is 2. The number of para-hydroxylation sites is 1. The first kappa shape index (κ1) is 18.0. The second-order valence-corrected chi connectivity index (χ2v) is 6.52. The maximum absolute atomic E-state index is 12.7. The Bertz CT molecular complexity index is 1030. The van der Waals surface area contributed by atoms with E-state index in [4.69, 9.17) is 0 Å². The molecule has 0 bridgehead atoms. The number of nitrogens with one attached hydrogen (secondary N) is 2. The van der Waals surface area contributed by atoms with E-state index in [0.29, 0.717) is 12.0 Å². The molecular weight excluding hydrogens is 368 g/mol. The number of carbonyl (C=O) groups excluding carboxylic acids is 2. The van der Waals surface area contributed by atoms with Gasteiger partial charge < -0.3 is 15.0 Å². The molecule has 1 aliphatic rings. The Labute approximate surface area is 159 Å². The third-order valence-corrected chi connectivity index (χ3v) is 4.67. The molecule has 0 aliphatic carbocycles. The molecule has 1 saturated heterocycles. The molecule has 144 valence electrons. The van der Waals surface area contributed by atoms with Crippen molar-refractivity contribution in [1.82, 2.24) is 15.2 Å². The first-order valence-corrected chi connectivity index (χ1v) is 8.72. The molecule has 1 fully saturated rings. The van der Waals surface area contributed by atoms with E-state index in [1.54, 1.807) is 6.07 Å². The predicted octanol–water partition coefficient (Wildman–Crippen LogP) is 3.43. The lowest BCUT2D eigenvalue weighted by Gasteiger charge is -2.14. The first-order valence-electron chi connectivity index (χ1n) is 8.72. The van der Waals surface area contributed by atoms with Crippen molar-refractivity contribution in [1.29, 1.82) is 0 Å². The van der Waals surface area contributed by atoms with E-state index in [-0.39, 0.29) is 18.2 Å². The number of alkyl halides is 2. The molecule has 4 rings (SSSR count). The van der Waals surface area contributed by atoms with Crippen molar-refractivity contribution >= 4 is 22.8 Å². The fraction of sp³-hybridized carbons (Fsp3) is 0.200. The van der Waals surface area contributed by atoms with E-state index in [9.17, 15) is 18.4 Å². The van der Waals surface area contributed by atoms with Crippen molar-refractivity contribution in [3.05, 3.63) is 65.9 Å². The van der Waals surface area contributed by atoms with E-state index >= 15 is 0 Å². The lowest BCUT2D eigenvalue weighted by atomic mass is 10.0. The van der Waals surface area contributed by atoms with E-state index in [0.717, 1.165) is 21.4 Å². The van der Waals surface area contributed by atoms with Gasteiger partial charge in [-0.3, -0.25) is 9.69 Å². The third-order valence-electron chi connectivity index (χ3n) is 4.67. The molecule has 3 aromatic rings. The normalized spacial score (nSPS) is 16.8. The summed E-state index contributed by atoms with van der Waals surface area (Å²) in [5.74, 6) is -0.370. The van der Waals surface area contributed by atoms with E-state index in [2.05, 4.69) is 15.0 Å². The maximum atomic E-state index is 12.7. The molecule has 1 unspecified atom stereocenters. The van der Waals surface area contributed by atoms with E-state index < -0.39 is 18.7 Å². The molecule has 0 radical (unpaired) electrons. The average molecular weight is 385 g/mol. The van der Waals surface area contributed by atoms with Crippen LogP contribution >= 0.6 is 0 Å². The smallest absolute Gasteiger partial charge is 0.387 e. The lowest BCUT2D eigenvalue weighted by molar-refractivity contribution is -0.127. The number of carbonyl (C=O) groups is 2. The van der Waals surface area contributed by atoms with Crippen molar-refractivity contribution < 1.29 is 23.1 Å². The monoisotopic (exact) mass is 385 g/mol. The Kier molecular flexibility index (Phi) is 4.68. The number of imide groups is 1. The summed E-state index contributed by atoms with van der Waals surface area (Å²) in [5, 5.41) is 3.70. The number of amides is 3. The first-order chi connectivity index (χ1) is 13.5. The number of hydrogen-bond donors (Lipinski definition) is 2. The van der Waals surface area contributed by atoms with Crippen molar-refractivity contribution in [2.45, 2.75) is 25.6 Å². The number of hydrogen-bond acceptors (Lipinski definition) is 3. The predicted molar refractivity (Wildman–Crippen MR) is 97.9 cm³/mol. The summed E-state index contributed by atoms with van der Waals surface area (Å²) in [4.78, 5) is 29.2. The van der Waals surface area contributed by atoms with Crippen LogP contribution in [0, 0.1) is 0 Å². The SMILES string of the molecule is O=C1NC(Cc2c[nH]c3ccccc23)C(=O)N1Cc1cccc(OC(F)F)c1. The quantitative estimate of drug-likeness (QED) is 0.639. The van der Waals surface area contributed by atoms with Crippen molar-refractivity contribution in [2.24, 2.45) is 0 Å². The summed E-state index contributed by atoms with van der Waals surface area (Å²) in [6.07, 6.45) is 2.19. The molecule has 1 aromatic heterocycles. The fourth-order valence-corrected chi connectivity index (χ4v) is 3.39. The van der Waals surface area contributed by atoms with Crippen LogP contribution in [-0.4, -0.2) is 34.5 Å². The number of aromatic nitrogens is 1. The minimum Gasteiger partial charge on any atom is -0.435 e. The Balaban J connectivity index is 1.48. The molecule has 28 heavy (non-hydrogen) atoms. The number of rotatable bonds is 6. The van der Waals surface area contributed by atoms with Crippen molar-refractivity contribution in [3.8, 4) is 5.75 Å². The van der Waals surface area contributed by atoms with Gasteiger partial charge in [0.25, 0.3) is 5.91 Å². The minimum absolute atomic E-state index is 0.0184. The molecular formula is C20H17F2N3O3. The van der Waals surface area contributed by atoms with Gasteiger partial charge in [-0.1, -0.05) is 30.3 Å². The zero-order valence-corrected chi connectivity index (χ0v) is 14.7. The molecule has 8 heteroatoms. The van der Waals surface area contributed by atoms with Gasteiger partial charge in [-0.05, 0) is 29.3 Å². The van der Waals surface area contributed by atoms with E-state index in [1.807, 2.05) is 30.5 Å². The van der Waals surface area contributed by atoms with Gasteiger partial charge in [-0.15, -0.1) is 0 Å². The van der Waals surface area contributed by atoms with Crippen LogP contribution in [0.15, 0.2) is 54.7 Å². The standard InChI is InChI=1S/C20H17F2N3O3/c21-19(22)28-14-5-3-4-12(8-14)11-25-18(26)17(24-20(25)27)9-13-10-23-16-7-2-1-6-15(13)16/h1-8,10,17,19,23H,9,11H2,(H,24,27). The molecule has 2 heterocycles. The highest BCUT2D eigenvalue weighted by atomic mass is 19.3. The molecule has 2 N–H and O–H groups in total. The zero-order chi connectivity index (χ0) is 19.7. The molecule has 1 atom stereocenters. The number of H-pyrrole nitrogens is 1. The summed E-state index contributed by atoms with van der Waals surface area (Å²) in [5.41, 5.74) is 2.42. The topological polar surface area (TPSA) is 74.4 Å². The van der Waals surface area contributed by atoms with Crippen LogP contribution in [0.4, 0.5) is 13.6 Å². The Morgan fingerprint density at radius 3 is 2.75 bits per heavy atom. The van der Waals surface area contributed by atoms with Gasteiger partial charge in [-0.2, -0.15) is 8.78 Å². The Hall–Kier alpha value is -3.42. The summed E-state index contributed by atoms with van der Waals surface area (Å²) >= 11 is 0. The number of halogens is 2. The van der Waals surface area contributed by atoms with Gasteiger partial charge in [-0.25, -0.2) is 4.79 Å². The zero-order valence-electron chi connectivity index (χ0n) is 14.7. The van der Waals surface area contributed by atoms with Crippen LogP contribution in [0.2, 0.25) is 0 Å². The molecule has 0 spiro atoms. The van der Waals surface area contributed by atoms with Crippen molar-refractivity contribution in [2.75, 3.05) is 0 Å². The second-order valence-electron chi connectivity index (χ2n) is 6.52. The van der Waals surface area contributed by atoms with Crippen LogP contribution < -0.4 is 10.1 Å². The fourth-order valence-electron chi connectivity index (χ4n) is 3.39. The van der Waals surface area contributed by atoms with Gasteiger partial charge in [0.15, 0.2) is 0 Å².